The Balaban J connectivity index is 2.39. The molecule has 1 atom stereocenters. The Morgan fingerprint density at radius 3 is 2.87 bits per heavy atom. The second-order valence-corrected chi connectivity index (χ2v) is 4.31. The molecule has 0 N–H and O–H groups in total. The van der Waals surface area contributed by atoms with Crippen LogP contribution < -0.4 is 0 Å². The molecule has 1 heterocycles. The molecule has 15 heavy (non-hydrogen) atoms. The summed E-state index contributed by atoms with van der Waals surface area (Å²) in [6.45, 7) is 5.98. The van der Waals surface area contributed by atoms with Crippen molar-refractivity contribution in [3.63, 3.8) is 0 Å². The summed E-state index contributed by atoms with van der Waals surface area (Å²) in [6.07, 6.45) is 6.99. The van der Waals surface area contributed by atoms with Crippen LogP contribution in [0.5, 0.6) is 0 Å². The largest absolute Gasteiger partial charge is 0.492 e. The maximum absolute atomic E-state index is 11.3. The van der Waals surface area contributed by atoms with E-state index in [0.29, 0.717) is 6.61 Å². The first-order chi connectivity index (χ1) is 7.02. The van der Waals surface area contributed by atoms with Gasteiger partial charge in [-0.25, -0.2) is 4.79 Å². The second-order valence-electron chi connectivity index (χ2n) is 4.31. The predicted molar refractivity (Wildman–Crippen MR) is 58.3 cm³/mol. The molecule has 1 unspecified atom stereocenters. The van der Waals surface area contributed by atoms with Gasteiger partial charge in [-0.3, -0.25) is 0 Å². The van der Waals surface area contributed by atoms with Gasteiger partial charge >= 0.3 is 5.97 Å². The van der Waals surface area contributed by atoms with Gasteiger partial charge in [-0.15, -0.1) is 0 Å². The fourth-order valence-corrected chi connectivity index (χ4v) is 1.34. The number of hydrogen-bond donors (Lipinski definition) is 0. The van der Waals surface area contributed by atoms with Gasteiger partial charge < -0.3 is 9.47 Å². The summed E-state index contributed by atoms with van der Waals surface area (Å²) in [4.78, 5) is 11.3. The molecule has 0 radical (unpaired) electrons. The zero-order valence-electron chi connectivity index (χ0n) is 9.58. The number of rotatable bonds is 3. The molecular weight excluding hydrogens is 192 g/mol. The number of esters is 1. The van der Waals surface area contributed by atoms with E-state index in [1.807, 2.05) is 26.8 Å². The van der Waals surface area contributed by atoms with Crippen LogP contribution >= 0.6 is 0 Å². The molecule has 0 bridgehead atoms. The third-order valence-corrected chi connectivity index (χ3v) is 2.21. The average molecular weight is 210 g/mol. The molecule has 0 aromatic rings. The van der Waals surface area contributed by atoms with Gasteiger partial charge in [0.2, 0.25) is 0 Å². The van der Waals surface area contributed by atoms with E-state index in [9.17, 15) is 4.79 Å². The first kappa shape index (κ1) is 11.8. The Hall–Kier alpha value is -1.25. The predicted octanol–water partition coefficient (Wildman–Crippen LogP) is 2.58. The highest BCUT2D eigenvalue weighted by atomic mass is 16.6. The fraction of sp³-hybridized carbons (Fsp3) is 0.583. The summed E-state index contributed by atoms with van der Waals surface area (Å²) in [5.74, 6) is -0.297. The fourth-order valence-electron chi connectivity index (χ4n) is 1.34. The number of allylic oxidation sites excluding steroid dienone is 2. The van der Waals surface area contributed by atoms with Gasteiger partial charge in [0.15, 0.2) is 0 Å². The maximum Gasteiger partial charge on any atom is 0.330 e. The van der Waals surface area contributed by atoms with Crippen molar-refractivity contribution in [2.45, 2.75) is 39.2 Å². The van der Waals surface area contributed by atoms with Gasteiger partial charge in [0.25, 0.3) is 0 Å². The van der Waals surface area contributed by atoms with Crippen LogP contribution in [0.3, 0.4) is 0 Å². The minimum atomic E-state index is -0.361. The van der Waals surface area contributed by atoms with Crippen LogP contribution in [0.1, 0.15) is 33.6 Å². The topological polar surface area (TPSA) is 35.5 Å². The first-order valence-electron chi connectivity index (χ1n) is 5.16. The molecule has 1 aliphatic rings. The molecular formula is C12H18O3. The summed E-state index contributed by atoms with van der Waals surface area (Å²) in [7, 11) is 0. The van der Waals surface area contributed by atoms with Crippen molar-refractivity contribution >= 4 is 5.97 Å². The van der Waals surface area contributed by atoms with Crippen LogP contribution in [-0.4, -0.2) is 18.2 Å². The number of hydrogen-bond acceptors (Lipinski definition) is 3. The van der Waals surface area contributed by atoms with Crippen molar-refractivity contribution in [1.82, 2.24) is 0 Å². The Labute approximate surface area is 90.8 Å². The van der Waals surface area contributed by atoms with Gasteiger partial charge in [-0.2, -0.15) is 0 Å². The van der Waals surface area contributed by atoms with Crippen LogP contribution in [0.15, 0.2) is 24.0 Å². The zero-order valence-corrected chi connectivity index (χ0v) is 9.58. The normalized spacial score (nSPS) is 24.2. The van der Waals surface area contributed by atoms with Gasteiger partial charge in [-0.05, 0) is 39.7 Å². The van der Waals surface area contributed by atoms with E-state index in [-0.39, 0.29) is 11.6 Å². The standard InChI is InChI=1S/C12H18O3/c1-10(2)8-11(13)14-9-12(3)6-4-5-7-15-12/h5,7-8H,4,6,9H2,1-3H3. The lowest BCUT2D eigenvalue weighted by Crippen LogP contribution is -2.35. The zero-order chi connectivity index (χ0) is 11.3. The molecule has 1 rings (SSSR count). The van der Waals surface area contributed by atoms with E-state index in [1.54, 1.807) is 6.26 Å². The summed E-state index contributed by atoms with van der Waals surface area (Å²) in [5, 5.41) is 0. The molecule has 0 aromatic carbocycles. The van der Waals surface area contributed by atoms with Gasteiger partial charge in [0.1, 0.15) is 12.2 Å². The second kappa shape index (κ2) is 5.01. The summed E-state index contributed by atoms with van der Waals surface area (Å²) in [6, 6.07) is 0. The molecule has 1 aliphatic heterocycles. The number of carbonyl (C=O) groups excluding carboxylic acids is 1. The molecule has 3 nitrogen and oxygen atoms in total. The number of carbonyl (C=O) groups is 1. The highest BCUT2D eigenvalue weighted by molar-refractivity contribution is 5.82. The van der Waals surface area contributed by atoms with E-state index in [2.05, 4.69) is 0 Å². The van der Waals surface area contributed by atoms with Crippen LogP contribution in [0.25, 0.3) is 0 Å². The minimum absolute atomic E-state index is 0.297. The molecule has 0 saturated heterocycles. The monoisotopic (exact) mass is 210 g/mol. The van der Waals surface area contributed by atoms with Crippen molar-refractivity contribution < 1.29 is 14.3 Å². The third kappa shape index (κ3) is 4.19. The Morgan fingerprint density at radius 2 is 2.33 bits per heavy atom. The van der Waals surface area contributed by atoms with E-state index >= 15 is 0 Å². The smallest absolute Gasteiger partial charge is 0.330 e. The van der Waals surface area contributed by atoms with Crippen LogP contribution in [0.2, 0.25) is 0 Å². The van der Waals surface area contributed by atoms with Gasteiger partial charge in [0, 0.05) is 6.08 Å². The number of ether oxygens (including phenoxy) is 2. The van der Waals surface area contributed by atoms with Crippen molar-refractivity contribution in [3.8, 4) is 0 Å². The lowest BCUT2D eigenvalue weighted by molar-refractivity contribution is -0.145. The molecule has 0 fully saturated rings. The third-order valence-electron chi connectivity index (χ3n) is 2.21. The van der Waals surface area contributed by atoms with Crippen molar-refractivity contribution in [2.75, 3.05) is 6.61 Å². The van der Waals surface area contributed by atoms with Crippen LogP contribution in [0.4, 0.5) is 0 Å². The molecule has 0 saturated carbocycles. The quantitative estimate of drug-likeness (QED) is 0.530. The highest BCUT2D eigenvalue weighted by Crippen LogP contribution is 2.23. The molecule has 0 aromatic heterocycles. The Bertz CT molecular complexity index is 287. The van der Waals surface area contributed by atoms with Crippen molar-refractivity contribution in [1.29, 1.82) is 0 Å². The van der Waals surface area contributed by atoms with Gasteiger partial charge in [-0.1, -0.05) is 5.57 Å². The maximum atomic E-state index is 11.3. The minimum Gasteiger partial charge on any atom is -0.492 e. The highest BCUT2D eigenvalue weighted by Gasteiger charge is 2.27. The van der Waals surface area contributed by atoms with Gasteiger partial charge in [0.05, 0.1) is 6.26 Å². The van der Waals surface area contributed by atoms with E-state index in [0.717, 1.165) is 18.4 Å². The van der Waals surface area contributed by atoms with Crippen LogP contribution in [0, 0.1) is 0 Å². The van der Waals surface area contributed by atoms with E-state index < -0.39 is 0 Å². The van der Waals surface area contributed by atoms with E-state index in [4.69, 9.17) is 9.47 Å². The lowest BCUT2D eigenvalue weighted by atomic mass is 9.99. The van der Waals surface area contributed by atoms with Crippen LogP contribution in [-0.2, 0) is 14.3 Å². The summed E-state index contributed by atoms with van der Waals surface area (Å²) < 4.78 is 10.6. The Kier molecular flexibility index (Phi) is 3.95. The SMILES string of the molecule is CC(C)=CC(=O)OCC1(C)CCC=CO1. The van der Waals surface area contributed by atoms with E-state index in [1.165, 1.54) is 6.08 Å². The molecule has 0 aliphatic carbocycles. The lowest BCUT2D eigenvalue weighted by Gasteiger charge is -2.30. The molecule has 3 heteroatoms. The van der Waals surface area contributed by atoms with Crippen molar-refractivity contribution in [3.05, 3.63) is 24.0 Å². The average Bonchev–Trinajstić information content (AvgIpc) is 2.15. The molecule has 84 valence electrons. The summed E-state index contributed by atoms with van der Waals surface area (Å²) >= 11 is 0. The molecule has 0 spiro atoms. The first-order valence-corrected chi connectivity index (χ1v) is 5.16. The Morgan fingerprint density at radius 1 is 1.60 bits per heavy atom. The summed E-state index contributed by atoms with van der Waals surface area (Å²) in [5.41, 5.74) is 0.578. The molecule has 0 amide bonds. The van der Waals surface area contributed by atoms with Crippen molar-refractivity contribution in [2.24, 2.45) is 0 Å².